The molecule has 0 spiro atoms. The second kappa shape index (κ2) is 9.66. The number of imidazole rings is 1. The maximum atomic E-state index is 12.3. The Kier molecular flexibility index (Phi) is 6.52. The van der Waals surface area contributed by atoms with Gasteiger partial charge in [-0.25, -0.2) is 4.98 Å². The summed E-state index contributed by atoms with van der Waals surface area (Å²) in [7, 11) is 0. The SMILES string of the molecule is N=C/C(=C\NCc1cn2cc(C3CC3)ccc2n1)C(=O)NCCOc1cccc(Cl)c1. The van der Waals surface area contributed by atoms with Crippen molar-refractivity contribution in [2.24, 2.45) is 0 Å². The topological polar surface area (TPSA) is 91.5 Å². The largest absolute Gasteiger partial charge is 0.492 e. The Morgan fingerprint density at radius 2 is 2.16 bits per heavy atom. The normalized spacial score (nSPS) is 13.8. The van der Waals surface area contributed by atoms with E-state index in [0.717, 1.165) is 17.6 Å². The van der Waals surface area contributed by atoms with Crippen molar-refractivity contribution in [3.8, 4) is 5.75 Å². The van der Waals surface area contributed by atoms with Crippen LogP contribution in [0, 0.1) is 5.41 Å². The monoisotopic (exact) mass is 437 g/mol. The number of carbonyl (C=O) groups is 1. The molecule has 0 atom stereocenters. The number of amides is 1. The van der Waals surface area contributed by atoms with Crippen LogP contribution in [-0.4, -0.2) is 34.7 Å². The van der Waals surface area contributed by atoms with E-state index in [9.17, 15) is 4.79 Å². The molecule has 0 aliphatic heterocycles. The Morgan fingerprint density at radius 3 is 2.94 bits per heavy atom. The zero-order chi connectivity index (χ0) is 21.6. The predicted molar refractivity (Wildman–Crippen MR) is 121 cm³/mol. The Labute approximate surface area is 185 Å². The van der Waals surface area contributed by atoms with Gasteiger partial charge in [0, 0.05) is 29.8 Å². The number of halogens is 1. The van der Waals surface area contributed by atoms with Crippen molar-refractivity contribution >= 4 is 29.4 Å². The Bertz CT molecular complexity index is 1120. The van der Waals surface area contributed by atoms with E-state index in [1.807, 2.05) is 16.7 Å². The van der Waals surface area contributed by atoms with Gasteiger partial charge >= 0.3 is 0 Å². The minimum Gasteiger partial charge on any atom is -0.492 e. The quantitative estimate of drug-likeness (QED) is 0.256. The van der Waals surface area contributed by atoms with E-state index in [1.54, 1.807) is 24.3 Å². The molecule has 1 fully saturated rings. The average Bonchev–Trinajstić information content (AvgIpc) is 3.53. The molecular formula is C23H24ClN5O2. The van der Waals surface area contributed by atoms with Crippen LogP contribution < -0.4 is 15.4 Å². The third-order valence-corrected chi connectivity index (χ3v) is 5.22. The summed E-state index contributed by atoms with van der Waals surface area (Å²) in [6, 6.07) is 11.3. The minimum atomic E-state index is -0.346. The van der Waals surface area contributed by atoms with Crippen molar-refractivity contribution in [2.75, 3.05) is 13.2 Å². The second-order valence-electron chi connectivity index (χ2n) is 7.42. The van der Waals surface area contributed by atoms with Gasteiger partial charge in [0.2, 0.25) is 0 Å². The smallest absolute Gasteiger partial charge is 0.254 e. The number of hydrogen-bond acceptors (Lipinski definition) is 5. The molecule has 1 aromatic carbocycles. The first-order chi connectivity index (χ1) is 15.1. The third-order valence-electron chi connectivity index (χ3n) is 4.98. The Morgan fingerprint density at radius 1 is 1.29 bits per heavy atom. The van der Waals surface area contributed by atoms with E-state index in [4.69, 9.17) is 21.7 Å². The lowest BCUT2D eigenvalue weighted by Crippen LogP contribution is -2.30. The van der Waals surface area contributed by atoms with Crippen LogP contribution in [0.3, 0.4) is 0 Å². The second-order valence-corrected chi connectivity index (χ2v) is 7.86. The fourth-order valence-corrected chi connectivity index (χ4v) is 3.42. The molecule has 2 aromatic heterocycles. The number of rotatable bonds is 10. The first kappa shape index (κ1) is 20.9. The van der Waals surface area contributed by atoms with Crippen molar-refractivity contribution in [3.05, 3.63) is 76.8 Å². The predicted octanol–water partition coefficient (Wildman–Crippen LogP) is 3.68. The van der Waals surface area contributed by atoms with Gasteiger partial charge in [-0.15, -0.1) is 0 Å². The van der Waals surface area contributed by atoms with E-state index in [1.165, 1.54) is 24.6 Å². The van der Waals surface area contributed by atoms with Crippen molar-refractivity contribution in [2.45, 2.75) is 25.3 Å². The molecule has 3 N–H and O–H groups in total. The average molecular weight is 438 g/mol. The first-order valence-corrected chi connectivity index (χ1v) is 10.6. The van der Waals surface area contributed by atoms with Crippen molar-refractivity contribution < 1.29 is 9.53 Å². The highest BCUT2D eigenvalue weighted by atomic mass is 35.5. The molecule has 4 rings (SSSR count). The summed E-state index contributed by atoms with van der Waals surface area (Å²) in [5.74, 6) is 0.991. The summed E-state index contributed by atoms with van der Waals surface area (Å²) in [6.07, 6.45) is 9.20. The molecule has 31 heavy (non-hydrogen) atoms. The summed E-state index contributed by atoms with van der Waals surface area (Å²) < 4.78 is 7.58. The van der Waals surface area contributed by atoms with Crippen LogP contribution in [0.5, 0.6) is 5.75 Å². The molecule has 0 bridgehead atoms. The van der Waals surface area contributed by atoms with Gasteiger partial charge in [-0.1, -0.05) is 23.7 Å². The number of ether oxygens (including phenoxy) is 1. The van der Waals surface area contributed by atoms with Crippen LogP contribution in [-0.2, 0) is 11.3 Å². The van der Waals surface area contributed by atoms with Gasteiger partial charge < -0.3 is 25.2 Å². The number of hydrogen-bond donors (Lipinski definition) is 3. The van der Waals surface area contributed by atoms with Gasteiger partial charge in [0.1, 0.15) is 18.0 Å². The molecular weight excluding hydrogens is 414 g/mol. The van der Waals surface area contributed by atoms with Crippen LogP contribution in [0.15, 0.2) is 60.6 Å². The number of aromatic nitrogens is 2. The Balaban J connectivity index is 1.25. The van der Waals surface area contributed by atoms with Gasteiger partial charge in [-0.05, 0) is 48.6 Å². The van der Waals surface area contributed by atoms with Gasteiger partial charge in [0.15, 0.2) is 0 Å². The number of carbonyl (C=O) groups excluding carboxylic acids is 1. The summed E-state index contributed by atoms with van der Waals surface area (Å²) in [6.45, 7) is 1.07. The highest BCUT2D eigenvalue weighted by Gasteiger charge is 2.23. The lowest BCUT2D eigenvalue weighted by molar-refractivity contribution is -0.117. The van der Waals surface area contributed by atoms with Gasteiger partial charge in [0.05, 0.1) is 24.4 Å². The molecule has 7 nitrogen and oxygen atoms in total. The molecule has 0 saturated heterocycles. The van der Waals surface area contributed by atoms with Gasteiger partial charge in [0.25, 0.3) is 5.91 Å². The molecule has 160 valence electrons. The first-order valence-electron chi connectivity index (χ1n) is 10.2. The standard InChI is InChI=1S/C23H24ClN5O2/c24-19-2-1-3-21(10-19)31-9-8-27-23(30)18(11-25)12-26-13-20-15-29-14-17(16-4-5-16)6-7-22(29)28-20/h1-3,6-7,10-12,14-16,25-26H,4-5,8-9,13H2,(H,27,30)/b18-12+,25-11?. The summed E-state index contributed by atoms with van der Waals surface area (Å²) >= 11 is 5.91. The number of nitrogens with one attached hydrogen (secondary N) is 3. The van der Waals surface area contributed by atoms with Crippen molar-refractivity contribution in [3.63, 3.8) is 0 Å². The highest BCUT2D eigenvalue weighted by Crippen LogP contribution is 2.39. The van der Waals surface area contributed by atoms with Gasteiger partial charge in [-0.3, -0.25) is 4.79 Å². The minimum absolute atomic E-state index is 0.225. The van der Waals surface area contributed by atoms with Crippen LogP contribution in [0.4, 0.5) is 0 Å². The summed E-state index contributed by atoms with van der Waals surface area (Å²) in [4.78, 5) is 16.8. The number of fused-ring (bicyclic) bond motifs is 1. The molecule has 2 heterocycles. The fraction of sp³-hybridized carbons (Fsp3) is 0.261. The maximum absolute atomic E-state index is 12.3. The summed E-state index contributed by atoms with van der Waals surface area (Å²) in [5.41, 5.74) is 3.34. The molecule has 0 unspecified atom stereocenters. The molecule has 1 amide bonds. The van der Waals surface area contributed by atoms with Crippen LogP contribution in [0.25, 0.3) is 5.65 Å². The number of nitrogens with zero attached hydrogens (tertiary/aromatic N) is 2. The van der Waals surface area contributed by atoms with Crippen LogP contribution in [0.2, 0.25) is 5.02 Å². The van der Waals surface area contributed by atoms with E-state index in [0.29, 0.717) is 36.4 Å². The van der Waals surface area contributed by atoms with Crippen LogP contribution >= 0.6 is 11.6 Å². The highest BCUT2D eigenvalue weighted by molar-refractivity contribution is 6.30. The number of benzene rings is 1. The molecule has 3 aromatic rings. The maximum Gasteiger partial charge on any atom is 0.254 e. The zero-order valence-electron chi connectivity index (χ0n) is 17.0. The molecule has 0 radical (unpaired) electrons. The third kappa shape index (κ3) is 5.64. The lowest BCUT2D eigenvalue weighted by atomic mass is 10.2. The van der Waals surface area contributed by atoms with E-state index >= 15 is 0 Å². The molecule has 8 heteroatoms. The summed E-state index contributed by atoms with van der Waals surface area (Å²) in [5, 5.41) is 13.9. The van der Waals surface area contributed by atoms with E-state index in [2.05, 4.69) is 27.9 Å². The van der Waals surface area contributed by atoms with Gasteiger partial charge in [-0.2, -0.15) is 0 Å². The molecule has 1 saturated carbocycles. The molecule has 1 aliphatic rings. The van der Waals surface area contributed by atoms with E-state index < -0.39 is 0 Å². The van der Waals surface area contributed by atoms with Crippen molar-refractivity contribution in [1.82, 2.24) is 20.0 Å². The van der Waals surface area contributed by atoms with Crippen LogP contribution in [0.1, 0.15) is 30.0 Å². The number of pyridine rings is 1. The lowest BCUT2D eigenvalue weighted by Gasteiger charge is -2.08. The van der Waals surface area contributed by atoms with Crippen molar-refractivity contribution in [1.29, 1.82) is 5.41 Å². The zero-order valence-corrected chi connectivity index (χ0v) is 17.7. The molecule has 1 aliphatic carbocycles. The fourth-order valence-electron chi connectivity index (χ4n) is 3.24. The van der Waals surface area contributed by atoms with E-state index in [-0.39, 0.29) is 11.5 Å². The Hall–Kier alpha value is -3.32.